The molecule has 4 nitrogen and oxygen atoms in total. The molecule has 1 amide bonds. The van der Waals surface area contributed by atoms with Crippen LogP contribution in [0, 0.1) is 6.92 Å². The van der Waals surface area contributed by atoms with Crippen LogP contribution in [0.3, 0.4) is 0 Å². The summed E-state index contributed by atoms with van der Waals surface area (Å²) >= 11 is 0. The monoisotopic (exact) mass is 279 g/mol. The third-order valence-corrected chi connectivity index (χ3v) is 3.48. The molecule has 0 saturated heterocycles. The van der Waals surface area contributed by atoms with Crippen molar-refractivity contribution in [2.75, 3.05) is 18.4 Å². The Hall–Kier alpha value is -2.62. The van der Waals surface area contributed by atoms with Gasteiger partial charge in [-0.3, -0.25) is 9.79 Å². The van der Waals surface area contributed by atoms with Gasteiger partial charge in [0.05, 0.1) is 6.54 Å². The van der Waals surface area contributed by atoms with Gasteiger partial charge in [-0.15, -0.1) is 0 Å². The maximum Gasteiger partial charge on any atom is 0.255 e. The Labute approximate surface area is 123 Å². The average Bonchev–Trinajstić information content (AvgIpc) is 3.02. The highest BCUT2D eigenvalue weighted by atomic mass is 16.1. The maximum atomic E-state index is 12.2. The van der Waals surface area contributed by atoms with Gasteiger partial charge in [0.25, 0.3) is 5.91 Å². The second kappa shape index (κ2) is 5.79. The van der Waals surface area contributed by atoms with Crippen molar-refractivity contribution in [3.8, 4) is 0 Å². The molecule has 0 atom stereocenters. The number of aliphatic imine (C=N–C) groups is 1. The minimum absolute atomic E-state index is 0.0859. The van der Waals surface area contributed by atoms with Gasteiger partial charge in [0, 0.05) is 23.4 Å². The van der Waals surface area contributed by atoms with Crippen LogP contribution < -0.4 is 10.6 Å². The Morgan fingerprint density at radius 1 is 1.14 bits per heavy atom. The molecule has 1 aliphatic rings. The Morgan fingerprint density at radius 2 is 1.90 bits per heavy atom. The van der Waals surface area contributed by atoms with E-state index in [1.54, 1.807) is 0 Å². The summed E-state index contributed by atoms with van der Waals surface area (Å²) < 4.78 is 0. The molecule has 0 bridgehead atoms. The highest BCUT2D eigenvalue weighted by Gasteiger charge is 2.10. The summed E-state index contributed by atoms with van der Waals surface area (Å²) in [5, 5.41) is 6.15. The van der Waals surface area contributed by atoms with Crippen LogP contribution in [0.5, 0.6) is 0 Å². The Morgan fingerprint density at radius 3 is 2.57 bits per heavy atom. The minimum Gasteiger partial charge on any atom is -0.368 e. The van der Waals surface area contributed by atoms with Gasteiger partial charge in [-0.2, -0.15) is 0 Å². The first-order chi connectivity index (χ1) is 10.2. The number of hydrogen-bond acceptors (Lipinski definition) is 3. The summed E-state index contributed by atoms with van der Waals surface area (Å²) in [5.74, 6) is 0.837. The van der Waals surface area contributed by atoms with Crippen LogP contribution in [0.2, 0.25) is 0 Å². The van der Waals surface area contributed by atoms with Crippen molar-refractivity contribution in [3.63, 3.8) is 0 Å². The Bertz CT molecular complexity index is 689. The van der Waals surface area contributed by atoms with Crippen LogP contribution in [0.15, 0.2) is 53.5 Å². The van der Waals surface area contributed by atoms with Gasteiger partial charge >= 0.3 is 0 Å². The predicted octanol–water partition coefficient (Wildman–Crippen LogP) is 2.60. The molecule has 0 saturated carbocycles. The second-order valence-corrected chi connectivity index (χ2v) is 5.00. The number of carbonyl (C=O) groups excluding carboxylic acids is 1. The summed E-state index contributed by atoms with van der Waals surface area (Å²) in [6.45, 7) is 3.64. The summed E-state index contributed by atoms with van der Waals surface area (Å²) in [5.41, 5.74) is 3.49. The van der Waals surface area contributed by atoms with Gasteiger partial charge in [-0.05, 0) is 42.8 Å². The van der Waals surface area contributed by atoms with Crippen LogP contribution in [-0.2, 0) is 0 Å². The van der Waals surface area contributed by atoms with Gasteiger partial charge in [0.15, 0.2) is 0 Å². The summed E-state index contributed by atoms with van der Waals surface area (Å²) in [7, 11) is 0. The van der Waals surface area contributed by atoms with Crippen LogP contribution in [-0.4, -0.2) is 24.8 Å². The van der Waals surface area contributed by atoms with E-state index in [-0.39, 0.29) is 5.91 Å². The van der Waals surface area contributed by atoms with Gasteiger partial charge < -0.3 is 10.6 Å². The van der Waals surface area contributed by atoms with E-state index in [0.717, 1.165) is 35.7 Å². The number of aryl methyl sites for hydroxylation is 1. The number of carbonyl (C=O) groups is 1. The standard InChI is InChI=1S/C17H17N3O/c1-12-4-2-3-5-15(12)17(21)20-14-8-6-13(7-9-14)16-18-10-11-19-16/h2-9H,10-11H2,1H3,(H,18,19)(H,20,21). The van der Waals surface area contributed by atoms with E-state index in [1.807, 2.05) is 55.5 Å². The van der Waals surface area contributed by atoms with Crippen molar-refractivity contribution in [1.29, 1.82) is 0 Å². The molecular weight excluding hydrogens is 262 g/mol. The minimum atomic E-state index is -0.0859. The lowest BCUT2D eigenvalue weighted by atomic mass is 10.1. The van der Waals surface area contributed by atoms with Gasteiger partial charge in [0.1, 0.15) is 5.84 Å². The number of anilines is 1. The first-order valence-corrected chi connectivity index (χ1v) is 7.00. The molecule has 0 aliphatic carbocycles. The summed E-state index contributed by atoms with van der Waals surface area (Å²) in [4.78, 5) is 16.6. The van der Waals surface area contributed by atoms with Crippen molar-refractivity contribution in [1.82, 2.24) is 5.32 Å². The molecule has 0 fully saturated rings. The lowest BCUT2D eigenvalue weighted by Gasteiger charge is -2.08. The highest BCUT2D eigenvalue weighted by molar-refractivity contribution is 6.05. The van der Waals surface area contributed by atoms with Crippen molar-refractivity contribution in [3.05, 3.63) is 65.2 Å². The zero-order chi connectivity index (χ0) is 14.7. The van der Waals surface area contributed by atoms with Crippen LogP contribution in [0.1, 0.15) is 21.5 Å². The van der Waals surface area contributed by atoms with E-state index >= 15 is 0 Å². The quantitative estimate of drug-likeness (QED) is 0.907. The van der Waals surface area contributed by atoms with Crippen molar-refractivity contribution in [2.45, 2.75) is 6.92 Å². The smallest absolute Gasteiger partial charge is 0.255 e. The molecule has 2 aromatic carbocycles. The predicted molar refractivity (Wildman–Crippen MR) is 85.0 cm³/mol. The van der Waals surface area contributed by atoms with Crippen molar-refractivity contribution in [2.24, 2.45) is 4.99 Å². The number of hydrogen-bond donors (Lipinski definition) is 2. The van der Waals surface area contributed by atoms with E-state index in [9.17, 15) is 4.79 Å². The van der Waals surface area contributed by atoms with Crippen LogP contribution in [0.4, 0.5) is 5.69 Å². The lowest BCUT2D eigenvalue weighted by molar-refractivity contribution is 0.102. The Balaban J connectivity index is 1.73. The topological polar surface area (TPSA) is 53.5 Å². The van der Waals surface area contributed by atoms with E-state index in [2.05, 4.69) is 15.6 Å². The fraction of sp³-hybridized carbons (Fsp3) is 0.176. The normalized spacial score (nSPS) is 13.5. The SMILES string of the molecule is Cc1ccccc1C(=O)Nc1ccc(C2=NCCN2)cc1. The van der Waals surface area contributed by atoms with Gasteiger partial charge in [0.2, 0.25) is 0 Å². The fourth-order valence-electron chi connectivity index (χ4n) is 2.33. The third-order valence-electron chi connectivity index (χ3n) is 3.48. The molecule has 0 aromatic heterocycles. The molecule has 4 heteroatoms. The first-order valence-electron chi connectivity index (χ1n) is 7.00. The summed E-state index contributed by atoms with van der Waals surface area (Å²) in [6.07, 6.45) is 0. The number of nitrogens with one attached hydrogen (secondary N) is 2. The zero-order valence-electron chi connectivity index (χ0n) is 11.9. The fourth-order valence-corrected chi connectivity index (χ4v) is 2.33. The number of benzene rings is 2. The number of amides is 1. The molecular formula is C17H17N3O. The van der Waals surface area contributed by atoms with Crippen LogP contribution in [0.25, 0.3) is 0 Å². The maximum absolute atomic E-state index is 12.2. The van der Waals surface area contributed by atoms with Crippen molar-refractivity contribution < 1.29 is 4.79 Å². The van der Waals surface area contributed by atoms with E-state index < -0.39 is 0 Å². The number of nitrogens with zero attached hydrogens (tertiary/aromatic N) is 1. The van der Waals surface area contributed by atoms with Gasteiger partial charge in [-0.1, -0.05) is 18.2 Å². The number of amidine groups is 1. The number of rotatable bonds is 3. The molecule has 2 N–H and O–H groups in total. The van der Waals surface area contributed by atoms with Gasteiger partial charge in [-0.25, -0.2) is 0 Å². The summed E-state index contributed by atoms with van der Waals surface area (Å²) in [6, 6.07) is 15.3. The largest absolute Gasteiger partial charge is 0.368 e. The van der Waals surface area contributed by atoms with E-state index in [0.29, 0.717) is 5.56 Å². The molecule has 3 rings (SSSR count). The molecule has 0 radical (unpaired) electrons. The molecule has 0 spiro atoms. The second-order valence-electron chi connectivity index (χ2n) is 5.00. The average molecular weight is 279 g/mol. The zero-order valence-corrected chi connectivity index (χ0v) is 11.9. The molecule has 0 unspecified atom stereocenters. The van der Waals surface area contributed by atoms with Crippen LogP contribution >= 0.6 is 0 Å². The first kappa shape index (κ1) is 13.4. The lowest BCUT2D eigenvalue weighted by Crippen LogP contribution is -2.19. The molecule has 2 aromatic rings. The van der Waals surface area contributed by atoms with E-state index in [4.69, 9.17) is 0 Å². The van der Waals surface area contributed by atoms with E-state index in [1.165, 1.54) is 0 Å². The Kier molecular flexibility index (Phi) is 3.69. The van der Waals surface area contributed by atoms with Crippen molar-refractivity contribution >= 4 is 17.4 Å². The highest BCUT2D eigenvalue weighted by Crippen LogP contribution is 2.14. The molecule has 106 valence electrons. The molecule has 1 heterocycles. The third kappa shape index (κ3) is 2.94. The molecule has 21 heavy (non-hydrogen) atoms. The molecule has 1 aliphatic heterocycles.